The topological polar surface area (TPSA) is 108 Å². The lowest BCUT2D eigenvalue weighted by molar-refractivity contribution is -0.150. The molecule has 0 saturated carbocycles. The van der Waals surface area contributed by atoms with Gasteiger partial charge in [0.2, 0.25) is 17.7 Å². The minimum absolute atomic E-state index is 0.0258. The molecule has 1 spiro atoms. The van der Waals surface area contributed by atoms with Gasteiger partial charge in [-0.05, 0) is 63.9 Å². The molecule has 8 heteroatoms. The fourth-order valence-electron chi connectivity index (χ4n) is 7.72. The van der Waals surface area contributed by atoms with Crippen molar-refractivity contribution in [3.63, 3.8) is 0 Å². The Morgan fingerprint density at radius 3 is 2.38 bits per heavy atom. The van der Waals surface area contributed by atoms with Gasteiger partial charge in [-0.1, -0.05) is 58.0 Å². The summed E-state index contributed by atoms with van der Waals surface area (Å²) >= 11 is 0. The average molecular weight is 542 g/mol. The van der Waals surface area contributed by atoms with Gasteiger partial charge in [-0.2, -0.15) is 0 Å². The van der Waals surface area contributed by atoms with Crippen molar-refractivity contribution in [2.45, 2.75) is 109 Å². The summed E-state index contributed by atoms with van der Waals surface area (Å²) in [4.78, 5) is 43.7. The van der Waals surface area contributed by atoms with Crippen LogP contribution in [0.1, 0.15) is 79.7 Å². The van der Waals surface area contributed by atoms with Gasteiger partial charge in [0.15, 0.2) is 0 Å². The minimum atomic E-state index is -1.12. The van der Waals surface area contributed by atoms with Gasteiger partial charge in [0.05, 0.1) is 30.1 Å². The molecule has 3 saturated heterocycles. The Labute approximate surface area is 233 Å². The number of nitrogens with one attached hydrogen (secondary N) is 2. The monoisotopic (exact) mass is 541 g/mol. The van der Waals surface area contributed by atoms with E-state index in [0.717, 1.165) is 18.4 Å². The number of aliphatic hydroxyl groups excluding tert-OH is 1. The van der Waals surface area contributed by atoms with Gasteiger partial charge in [0, 0.05) is 12.1 Å². The lowest BCUT2D eigenvalue weighted by Crippen LogP contribution is -2.61. The first-order valence-electron chi connectivity index (χ1n) is 14.4. The fourth-order valence-corrected chi connectivity index (χ4v) is 7.72. The third-order valence-electron chi connectivity index (χ3n) is 8.65. The molecule has 2 bridgehead atoms. The van der Waals surface area contributed by atoms with Crippen molar-refractivity contribution >= 4 is 17.7 Å². The van der Waals surface area contributed by atoms with Crippen molar-refractivity contribution in [2.75, 3.05) is 13.2 Å². The van der Waals surface area contributed by atoms with Gasteiger partial charge in [-0.15, -0.1) is 0 Å². The fraction of sp³-hybridized carbons (Fsp3) is 0.710. The van der Waals surface area contributed by atoms with E-state index in [1.165, 1.54) is 0 Å². The molecule has 3 fully saturated rings. The lowest BCUT2D eigenvalue weighted by Gasteiger charge is -2.40. The summed E-state index contributed by atoms with van der Waals surface area (Å²) in [5.41, 5.74) is -1.54. The number of carbonyl (C=O) groups excluding carboxylic acids is 3. The summed E-state index contributed by atoms with van der Waals surface area (Å²) in [6.07, 6.45) is 3.01. The van der Waals surface area contributed by atoms with Crippen LogP contribution in [0.15, 0.2) is 30.3 Å². The summed E-state index contributed by atoms with van der Waals surface area (Å²) in [7, 11) is 0. The molecule has 3 amide bonds. The first-order valence-corrected chi connectivity index (χ1v) is 14.4. The van der Waals surface area contributed by atoms with Crippen molar-refractivity contribution in [3.8, 4) is 0 Å². The number of carbonyl (C=O) groups is 3. The maximum absolute atomic E-state index is 14.4. The Balaban J connectivity index is 1.76. The zero-order chi connectivity index (χ0) is 28.8. The van der Waals surface area contributed by atoms with Crippen LogP contribution in [0.5, 0.6) is 0 Å². The van der Waals surface area contributed by atoms with E-state index in [1.54, 1.807) is 4.90 Å². The lowest BCUT2D eigenvalue weighted by atomic mass is 9.66. The van der Waals surface area contributed by atoms with Gasteiger partial charge < -0.3 is 25.4 Å². The molecule has 3 N–H and O–H groups in total. The molecule has 3 aliphatic rings. The van der Waals surface area contributed by atoms with E-state index in [-0.39, 0.29) is 29.7 Å². The number of amides is 3. The third-order valence-corrected chi connectivity index (χ3v) is 8.65. The van der Waals surface area contributed by atoms with Gasteiger partial charge in [-0.25, -0.2) is 0 Å². The van der Waals surface area contributed by atoms with E-state index in [9.17, 15) is 19.5 Å². The average Bonchev–Trinajstić information content (AvgIpc) is 3.40. The molecule has 39 heavy (non-hydrogen) atoms. The predicted octanol–water partition coefficient (Wildman–Crippen LogP) is 3.21. The standard InChI is InChI=1S/C31H47N3O5/c1-8-16-32-25(36)22-23-27(38)34(21(18-35)17-20-12-10-9-11-13-20)24(31(23)15-14-30(22,7)39-31)26(37)33-29(5,6)19-28(2,3)4/h9-13,21-24,35H,8,14-19H2,1-7H3,(H,32,36)(H,33,37)/t21-,22+,23+,24?,30-,31?/m1/s1. The Morgan fingerprint density at radius 2 is 1.79 bits per heavy atom. The van der Waals surface area contributed by atoms with Crippen LogP contribution < -0.4 is 10.6 Å². The highest BCUT2D eigenvalue weighted by atomic mass is 16.5. The molecule has 3 aliphatic heterocycles. The number of hydrogen-bond donors (Lipinski definition) is 3. The van der Waals surface area contributed by atoms with Crippen LogP contribution in [0.4, 0.5) is 0 Å². The highest BCUT2D eigenvalue weighted by Gasteiger charge is 2.78. The summed E-state index contributed by atoms with van der Waals surface area (Å²) < 4.78 is 6.71. The molecule has 1 aromatic rings. The highest BCUT2D eigenvalue weighted by molar-refractivity contribution is 5.99. The number of likely N-dealkylation sites (tertiary alicyclic amines) is 1. The van der Waals surface area contributed by atoms with E-state index in [1.807, 2.05) is 58.0 Å². The van der Waals surface area contributed by atoms with E-state index < -0.39 is 40.7 Å². The number of rotatable bonds is 10. The van der Waals surface area contributed by atoms with Crippen LogP contribution in [0.2, 0.25) is 0 Å². The SMILES string of the molecule is CCCNC(=O)[C@@H]1[C@H]2C(=O)N([C@@H](CO)Cc3ccccc3)C(C(=O)NC(C)(C)CC(C)(C)C)C23CC[C@@]1(C)O3. The van der Waals surface area contributed by atoms with Crippen LogP contribution in [0.25, 0.3) is 0 Å². The van der Waals surface area contributed by atoms with E-state index in [2.05, 4.69) is 31.4 Å². The first kappa shape index (κ1) is 29.5. The number of aliphatic hydroxyl groups is 1. The van der Waals surface area contributed by atoms with Crippen molar-refractivity contribution in [1.82, 2.24) is 15.5 Å². The normalized spacial score (nSPS) is 30.8. The van der Waals surface area contributed by atoms with E-state index >= 15 is 0 Å². The molecule has 2 unspecified atom stereocenters. The zero-order valence-electron chi connectivity index (χ0n) is 24.7. The molecule has 0 aromatic heterocycles. The van der Waals surface area contributed by atoms with Crippen molar-refractivity contribution in [3.05, 3.63) is 35.9 Å². The molecule has 3 heterocycles. The van der Waals surface area contributed by atoms with Crippen LogP contribution in [-0.4, -0.2) is 69.7 Å². The van der Waals surface area contributed by atoms with Gasteiger partial charge in [0.25, 0.3) is 0 Å². The van der Waals surface area contributed by atoms with Crippen LogP contribution in [-0.2, 0) is 25.5 Å². The quantitative estimate of drug-likeness (QED) is 0.422. The molecular weight excluding hydrogens is 494 g/mol. The molecule has 0 radical (unpaired) electrons. The van der Waals surface area contributed by atoms with Crippen molar-refractivity contribution < 1.29 is 24.2 Å². The zero-order valence-corrected chi connectivity index (χ0v) is 24.7. The van der Waals surface area contributed by atoms with Crippen LogP contribution in [0.3, 0.4) is 0 Å². The van der Waals surface area contributed by atoms with Crippen molar-refractivity contribution in [1.29, 1.82) is 0 Å². The summed E-state index contributed by atoms with van der Waals surface area (Å²) in [5, 5.41) is 16.8. The second kappa shape index (κ2) is 10.5. The van der Waals surface area contributed by atoms with Gasteiger partial charge in [-0.3, -0.25) is 14.4 Å². The summed E-state index contributed by atoms with van der Waals surface area (Å²) in [5.74, 6) is -2.23. The maximum atomic E-state index is 14.4. The van der Waals surface area contributed by atoms with Crippen LogP contribution in [0, 0.1) is 17.3 Å². The first-order chi connectivity index (χ1) is 18.2. The smallest absolute Gasteiger partial charge is 0.246 e. The number of fused-ring (bicyclic) bond motifs is 1. The van der Waals surface area contributed by atoms with Crippen molar-refractivity contribution in [2.24, 2.45) is 17.3 Å². The Hall–Kier alpha value is -2.45. The minimum Gasteiger partial charge on any atom is -0.394 e. The Bertz CT molecular complexity index is 1080. The molecule has 0 aliphatic carbocycles. The Kier molecular flexibility index (Phi) is 7.96. The highest BCUT2D eigenvalue weighted by Crippen LogP contribution is 2.63. The molecule has 216 valence electrons. The maximum Gasteiger partial charge on any atom is 0.246 e. The van der Waals surface area contributed by atoms with Gasteiger partial charge in [0.1, 0.15) is 11.6 Å². The van der Waals surface area contributed by atoms with Crippen LogP contribution >= 0.6 is 0 Å². The summed E-state index contributed by atoms with van der Waals surface area (Å²) in [6, 6.07) is 8.09. The second-order valence-electron chi connectivity index (χ2n) is 13.9. The van der Waals surface area contributed by atoms with Gasteiger partial charge >= 0.3 is 0 Å². The largest absolute Gasteiger partial charge is 0.394 e. The molecule has 1 aromatic carbocycles. The molecule has 4 rings (SSSR count). The number of nitrogens with zero attached hydrogens (tertiary/aromatic N) is 1. The second-order valence-corrected chi connectivity index (χ2v) is 13.9. The molecule has 8 nitrogen and oxygen atoms in total. The molecular formula is C31H47N3O5. The predicted molar refractivity (Wildman–Crippen MR) is 150 cm³/mol. The Morgan fingerprint density at radius 1 is 1.13 bits per heavy atom. The number of hydrogen-bond acceptors (Lipinski definition) is 5. The number of benzene rings is 1. The third kappa shape index (κ3) is 5.47. The summed E-state index contributed by atoms with van der Waals surface area (Å²) in [6.45, 7) is 14.5. The van der Waals surface area contributed by atoms with E-state index in [4.69, 9.17) is 4.74 Å². The molecule has 6 atom stereocenters. The van der Waals surface area contributed by atoms with E-state index in [0.29, 0.717) is 25.8 Å². The number of ether oxygens (including phenoxy) is 1.